The number of fused-ring (bicyclic) bond motifs is 1. The molecule has 0 unspecified atom stereocenters. The van der Waals surface area contributed by atoms with Gasteiger partial charge in [-0.05, 0) is 18.9 Å². The lowest BCUT2D eigenvalue weighted by molar-refractivity contribution is -0.126. The predicted octanol–water partition coefficient (Wildman–Crippen LogP) is 1.65. The lowest BCUT2D eigenvalue weighted by Crippen LogP contribution is -2.34. The number of amides is 1. The Bertz CT molecular complexity index is 417. The lowest BCUT2D eigenvalue weighted by Gasteiger charge is -2.17. The first-order valence-electron chi connectivity index (χ1n) is 5.68. The highest BCUT2D eigenvalue weighted by molar-refractivity contribution is 5.86. The van der Waals surface area contributed by atoms with Gasteiger partial charge < -0.3 is 10.1 Å². The van der Waals surface area contributed by atoms with Gasteiger partial charge in [0.1, 0.15) is 0 Å². The summed E-state index contributed by atoms with van der Waals surface area (Å²) in [5, 5.41) is 3.06. The molecule has 1 aliphatic carbocycles. The van der Waals surface area contributed by atoms with E-state index in [4.69, 9.17) is 4.74 Å². The van der Waals surface area contributed by atoms with Crippen LogP contribution in [0.5, 0.6) is 0 Å². The molecule has 1 N–H and O–H groups in total. The van der Waals surface area contributed by atoms with Gasteiger partial charge in [-0.15, -0.1) is 0 Å². The molecule has 0 aromatic heterocycles. The van der Waals surface area contributed by atoms with Crippen molar-refractivity contribution in [2.75, 3.05) is 6.61 Å². The molecule has 1 aromatic rings. The first kappa shape index (κ1) is 9.85. The van der Waals surface area contributed by atoms with Crippen molar-refractivity contribution in [2.24, 2.45) is 5.41 Å². The van der Waals surface area contributed by atoms with Crippen molar-refractivity contribution in [2.45, 2.75) is 25.5 Å². The second-order valence-electron chi connectivity index (χ2n) is 4.88. The molecule has 3 nitrogen and oxygen atoms in total. The topological polar surface area (TPSA) is 38.3 Å². The Morgan fingerprint density at radius 3 is 2.88 bits per heavy atom. The van der Waals surface area contributed by atoms with Crippen LogP contribution in [-0.4, -0.2) is 18.6 Å². The molecule has 16 heavy (non-hydrogen) atoms. The van der Waals surface area contributed by atoms with Crippen LogP contribution in [0.15, 0.2) is 30.3 Å². The largest absolute Gasteiger partial charge is 0.375 e. The van der Waals surface area contributed by atoms with Crippen LogP contribution in [-0.2, 0) is 9.53 Å². The molecule has 2 fully saturated rings. The number of nitrogens with one attached hydrogen (secondary N) is 1. The van der Waals surface area contributed by atoms with Gasteiger partial charge in [-0.3, -0.25) is 4.79 Å². The molecular formula is C13H15NO2. The van der Waals surface area contributed by atoms with Gasteiger partial charge in [-0.1, -0.05) is 30.3 Å². The summed E-state index contributed by atoms with van der Waals surface area (Å²) in [6.07, 6.45) is 0.988. The summed E-state index contributed by atoms with van der Waals surface area (Å²) in [7, 11) is 0. The minimum atomic E-state index is -0.274. The predicted molar refractivity (Wildman–Crippen MR) is 59.8 cm³/mol. The molecule has 1 aliphatic heterocycles. The second kappa shape index (κ2) is 3.32. The summed E-state index contributed by atoms with van der Waals surface area (Å²) in [5.41, 5.74) is 0.838. The number of benzene rings is 1. The van der Waals surface area contributed by atoms with E-state index in [1.54, 1.807) is 0 Å². The highest BCUT2D eigenvalue weighted by Gasteiger charge is 2.59. The standard InChI is InChI=1S/C13H15NO2/c1-13-7-11(13)16-8-10(14-12(13)15)9-5-3-2-4-6-9/h2-6,10-11H,7-8H2,1H3,(H,14,15)/t10-,11+,13-/m0/s1. The highest BCUT2D eigenvalue weighted by atomic mass is 16.5. The third kappa shape index (κ3) is 1.43. The van der Waals surface area contributed by atoms with Crippen molar-refractivity contribution in [3.05, 3.63) is 35.9 Å². The molecule has 84 valence electrons. The Morgan fingerprint density at radius 1 is 1.38 bits per heavy atom. The minimum Gasteiger partial charge on any atom is -0.375 e. The van der Waals surface area contributed by atoms with Crippen LogP contribution in [0.3, 0.4) is 0 Å². The van der Waals surface area contributed by atoms with E-state index in [0.717, 1.165) is 12.0 Å². The monoisotopic (exact) mass is 217 g/mol. The molecular weight excluding hydrogens is 202 g/mol. The molecule has 1 saturated heterocycles. The zero-order valence-electron chi connectivity index (χ0n) is 9.27. The minimum absolute atomic E-state index is 0.00155. The van der Waals surface area contributed by atoms with Gasteiger partial charge in [0.15, 0.2) is 0 Å². The highest BCUT2D eigenvalue weighted by Crippen LogP contribution is 2.50. The van der Waals surface area contributed by atoms with Gasteiger partial charge in [0, 0.05) is 0 Å². The van der Waals surface area contributed by atoms with Crippen molar-refractivity contribution in [3.63, 3.8) is 0 Å². The Labute approximate surface area is 94.8 Å². The Balaban J connectivity index is 1.82. The smallest absolute Gasteiger partial charge is 0.229 e. The maximum absolute atomic E-state index is 12.0. The summed E-state index contributed by atoms with van der Waals surface area (Å²) in [6, 6.07) is 9.98. The number of carbonyl (C=O) groups is 1. The molecule has 1 saturated carbocycles. The quantitative estimate of drug-likeness (QED) is 0.776. The van der Waals surface area contributed by atoms with Gasteiger partial charge >= 0.3 is 0 Å². The number of carbonyl (C=O) groups excluding carboxylic acids is 1. The molecule has 1 heterocycles. The van der Waals surface area contributed by atoms with Gasteiger partial charge in [0.05, 0.1) is 24.2 Å². The van der Waals surface area contributed by atoms with E-state index in [-0.39, 0.29) is 23.5 Å². The first-order valence-corrected chi connectivity index (χ1v) is 5.68. The summed E-state index contributed by atoms with van der Waals surface area (Å²) >= 11 is 0. The van der Waals surface area contributed by atoms with Crippen LogP contribution in [0, 0.1) is 5.41 Å². The van der Waals surface area contributed by atoms with E-state index in [2.05, 4.69) is 5.32 Å². The van der Waals surface area contributed by atoms with E-state index in [1.807, 2.05) is 37.3 Å². The van der Waals surface area contributed by atoms with Crippen LogP contribution in [0.4, 0.5) is 0 Å². The van der Waals surface area contributed by atoms with Gasteiger partial charge in [0.2, 0.25) is 5.91 Å². The SMILES string of the molecule is C[C@]12C[C@H]1OC[C@@H](c1ccccc1)NC2=O. The van der Waals surface area contributed by atoms with E-state index < -0.39 is 0 Å². The Hall–Kier alpha value is -1.35. The summed E-state index contributed by atoms with van der Waals surface area (Å²) in [4.78, 5) is 12.0. The van der Waals surface area contributed by atoms with Gasteiger partial charge in [0.25, 0.3) is 0 Å². The average molecular weight is 217 g/mol. The maximum atomic E-state index is 12.0. The van der Waals surface area contributed by atoms with Crippen molar-refractivity contribution >= 4 is 5.91 Å². The van der Waals surface area contributed by atoms with Crippen molar-refractivity contribution < 1.29 is 9.53 Å². The maximum Gasteiger partial charge on any atom is 0.229 e. The van der Waals surface area contributed by atoms with Crippen LogP contribution in [0.2, 0.25) is 0 Å². The van der Waals surface area contributed by atoms with Crippen molar-refractivity contribution in [1.29, 1.82) is 0 Å². The molecule has 3 atom stereocenters. The molecule has 3 rings (SSSR count). The van der Waals surface area contributed by atoms with Crippen LogP contribution < -0.4 is 5.32 Å². The molecule has 2 aliphatic rings. The van der Waals surface area contributed by atoms with Crippen molar-refractivity contribution in [3.8, 4) is 0 Å². The molecule has 0 bridgehead atoms. The van der Waals surface area contributed by atoms with Gasteiger partial charge in [-0.25, -0.2) is 0 Å². The van der Waals surface area contributed by atoms with E-state index in [1.165, 1.54) is 0 Å². The van der Waals surface area contributed by atoms with Crippen molar-refractivity contribution in [1.82, 2.24) is 5.32 Å². The first-order chi connectivity index (χ1) is 7.70. The zero-order valence-corrected chi connectivity index (χ0v) is 9.27. The Morgan fingerprint density at radius 2 is 2.12 bits per heavy atom. The van der Waals surface area contributed by atoms with E-state index in [9.17, 15) is 4.79 Å². The Kier molecular flexibility index (Phi) is 2.04. The third-order valence-corrected chi connectivity index (χ3v) is 3.65. The summed E-state index contributed by atoms with van der Waals surface area (Å²) in [5.74, 6) is 0.129. The number of rotatable bonds is 1. The van der Waals surface area contributed by atoms with Gasteiger partial charge in [-0.2, -0.15) is 0 Å². The zero-order chi connectivity index (χ0) is 11.2. The molecule has 1 aromatic carbocycles. The fraction of sp³-hybridized carbons (Fsp3) is 0.462. The summed E-state index contributed by atoms with van der Waals surface area (Å²) in [6.45, 7) is 2.55. The van der Waals surface area contributed by atoms with Crippen LogP contribution in [0.1, 0.15) is 24.9 Å². The fourth-order valence-corrected chi connectivity index (χ4v) is 2.25. The molecule has 1 amide bonds. The fourth-order valence-electron chi connectivity index (χ4n) is 2.25. The summed E-state index contributed by atoms with van der Waals surface area (Å²) < 4.78 is 5.73. The molecule has 0 spiro atoms. The second-order valence-corrected chi connectivity index (χ2v) is 4.88. The number of hydrogen-bond acceptors (Lipinski definition) is 2. The number of ether oxygens (including phenoxy) is 1. The molecule has 0 radical (unpaired) electrons. The molecule has 3 heteroatoms. The van der Waals surface area contributed by atoms with E-state index in [0.29, 0.717) is 6.61 Å². The number of hydrogen-bond donors (Lipinski definition) is 1. The lowest BCUT2D eigenvalue weighted by atomic mass is 10.1. The average Bonchev–Trinajstić information content (AvgIpc) is 2.98. The van der Waals surface area contributed by atoms with E-state index >= 15 is 0 Å². The van der Waals surface area contributed by atoms with Crippen LogP contribution >= 0.6 is 0 Å². The third-order valence-electron chi connectivity index (χ3n) is 3.65. The van der Waals surface area contributed by atoms with Crippen LogP contribution in [0.25, 0.3) is 0 Å². The normalized spacial score (nSPS) is 37.2.